The summed E-state index contributed by atoms with van der Waals surface area (Å²) in [6.07, 6.45) is 2.16. The molecule has 1 N–H and O–H groups in total. The molecule has 0 aromatic heterocycles. The monoisotopic (exact) mass is 260 g/mol. The predicted octanol–water partition coefficient (Wildman–Crippen LogP) is 1.81. The fourth-order valence-electron chi connectivity index (χ4n) is 1.40. The highest BCUT2D eigenvalue weighted by atomic mass is 16.5. The van der Waals surface area contributed by atoms with E-state index in [0.29, 0.717) is 25.7 Å². The Balaban J connectivity index is 3.61. The standard InChI is InChI=1S/C13H24O5/c1-4-10(2)18-13(16)9-11(14)7-5-6-8-12(15)17-3/h10-11,14H,4-9H2,1-3H3. The second kappa shape index (κ2) is 9.88. The molecule has 2 atom stereocenters. The molecule has 0 bridgehead atoms. The number of unbranched alkanes of at least 4 members (excludes halogenated alkanes) is 1. The van der Waals surface area contributed by atoms with E-state index in [2.05, 4.69) is 4.74 Å². The lowest BCUT2D eigenvalue weighted by Gasteiger charge is -2.13. The molecule has 0 aliphatic heterocycles. The minimum absolute atomic E-state index is 0.0164. The van der Waals surface area contributed by atoms with Gasteiger partial charge in [-0.05, 0) is 26.2 Å². The highest BCUT2D eigenvalue weighted by molar-refractivity contribution is 5.70. The molecule has 0 aromatic rings. The molecular formula is C13H24O5. The minimum Gasteiger partial charge on any atom is -0.469 e. The van der Waals surface area contributed by atoms with E-state index in [1.165, 1.54) is 7.11 Å². The third-order valence-electron chi connectivity index (χ3n) is 2.71. The van der Waals surface area contributed by atoms with Crippen LogP contribution in [0.4, 0.5) is 0 Å². The maximum atomic E-state index is 11.4. The van der Waals surface area contributed by atoms with Crippen molar-refractivity contribution < 1.29 is 24.2 Å². The van der Waals surface area contributed by atoms with Gasteiger partial charge in [0, 0.05) is 6.42 Å². The molecule has 0 saturated carbocycles. The summed E-state index contributed by atoms with van der Waals surface area (Å²) in [6, 6.07) is 0. The van der Waals surface area contributed by atoms with Crippen LogP contribution in [0, 0.1) is 0 Å². The summed E-state index contributed by atoms with van der Waals surface area (Å²) >= 11 is 0. The first-order valence-electron chi connectivity index (χ1n) is 6.43. The van der Waals surface area contributed by atoms with Gasteiger partial charge in [0.25, 0.3) is 0 Å². The Hall–Kier alpha value is -1.10. The number of esters is 2. The van der Waals surface area contributed by atoms with Crippen molar-refractivity contribution in [3.63, 3.8) is 0 Å². The van der Waals surface area contributed by atoms with Crippen LogP contribution in [0.15, 0.2) is 0 Å². The van der Waals surface area contributed by atoms with Crippen LogP contribution in [0.3, 0.4) is 0 Å². The van der Waals surface area contributed by atoms with E-state index in [-0.39, 0.29) is 24.5 Å². The van der Waals surface area contributed by atoms with E-state index < -0.39 is 6.10 Å². The van der Waals surface area contributed by atoms with Gasteiger partial charge in [0.2, 0.25) is 0 Å². The number of methoxy groups -OCH3 is 1. The van der Waals surface area contributed by atoms with Crippen LogP contribution in [0.1, 0.15) is 52.4 Å². The number of aliphatic hydroxyl groups is 1. The lowest BCUT2D eigenvalue weighted by molar-refractivity contribution is -0.150. The molecule has 0 aromatic carbocycles. The number of rotatable bonds is 9. The summed E-state index contributed by atoms with van der Waals surface area (Å²) in [4.78, 5) is 22.2. The molecule has 0 spiro atoms. The van der Waals surface area contributed by atoms with Crippen LogP contribution < -0.4 is 0 Å². The summed E-state index contributed by atoms with van der Waals surface area (Å²) < 4.78 is 9.56. The van der Waals surface area contributed by atoms with E-state index in [9.17, 15) is 14.7 Å². The van der Waals surface area contributed by atoms with Gasteiger partial charge in [-0.2, -0.15) is 0 Å². The number of carbonyl (C=O) groups is 2. The summed E-state index contributed by atoms with van der Waals surface area (Å²) in [5.41, 5.74) is 0. The van der Waals surface area contributed by atoms with E-state index in [1.807, 2.05) is 13.8 Å². The van der Waals surface area contributed by atoms with Crippen LogP contribution in [0.5, 0.6) is 0 Å². The number of carbonyl (C=O) groups excluding carboxylic acids is 2. The van der Waals surface area contributed by atoms with Gasteiger partial charge >= 0.3 is 11.9 Å². The Labute approximate surface area is 108 Å². The van der Waals surface area contributed by atoms with Crippen molar-refractivity contribution in [2.75, 3.05) is 7.11 Å². The second-order valence-corrected chi connectivity index (χ2v) is 4.39. The molecule has 0 aliphatic rings. The first kappa shape index (κ1) is 16.9. The van der Waals surface area contributed by atoms with Gasteiger partial charge in [0.1, 0.15) is 0 Å². The van der Waals surface area contributed by atoms with E-state index in [1.54, 1.807) is 0 Å². The minimum atomic E-state index is -0.695. The largest absolute Gasteiger partial charge is 0.469 e. The molecular weight excluding hydrogens is 236 g/mol. The zero-order valence-electron chi connectivity index (χ0n) is 11.5. The van der Waals surface area contributed by atoms with Crippen molar-refractivity contribution in [1.29, 1.82) is 0 Å². The maximum Gasteiger partial charge on any atom is 0.308 e. The number of aliphatic hydroxyl groups excluding tert-OH is 1. The van der Waals surface area contributed by atoms with Gasteiger partial charge in [0.05, 0.1) is 25.7 Å². The Morgan fingerprint density at radius 2 is 1.89 bits per heavy atom. The molecule has 2 unspecified atom stereocenters. The number of hydrogen-bond donors (Lipinski definition) is 1. The molecule has 0 rings (SSSR count). The Bertz CT molecular complexity index is 252. The molecule has 0 radical (unpaired) electrons. The van der Waals surface area contributed by atoms with Crippen molar-refractivity contribution in [3.05, 3.63) is 0 Å². The first-order chi connectivity index (χ1) is 8.49. The van der Waals surface area contributed by atoms with E-state index in [4.69, 9.17) is 4.74 Å². The van der Waals surface area contributed by atoms with Crippen molar-refractivity contribution in [2.45, 2.75) is 64.6 Å². The normalized spacial score (nSPS) is 13.8. The lowest BCUT2D eigenvalue weighted by Crippen LogP contribution is -2.19. The quantitative estimate of drug-likeness (QED) is 0.505. The van der Waals surface area contributed by atoms with Crippen molar-refractivity contribution in [1.82, 2.24) is 0 Å². The fraction of sp³-hybridized carbons (Fsp3) is 0.846. The zero-order chi connectivity index (χ0) is 14.0. The second-order valence-electron chi connectivity index (χ2n) is 4.39. The summed E-state index contributed by atoms with van der Waals surface area (Å²) in [5, 5.41) is 9.61. The van der Waals surface area contributed by atoms with E-state index in [0.717, 1.165) is 6.42 Å². The molecule has 5 nitrogen and oxygen atoms in total. The summed E-state index contributed by atoms with van der Waals surface area (Å²) in [7, 11) is 1.35. The third-order valence-corrected chi connectivity index (χ3v) is 2.71. The molecule has 0 saturated heterocycles. The van der Waals surface area contributed by atoms with Crippen LogP contribution in [-0.2, 0) is 19.1 Å². The Morgan fingerprint density at radius 1 is 1.22 bits per heavy atom. The maximum absolute atomic E-state index is 11.4. The molecule has 0 aliphatic carbocycles. The molecule has 106 valence electrons. The average molecular weight is 260 g/mol. The van der Waals surface area contributed by atoms with Gasteiger partial charge in [0.15, 0.2) is 0 Å². The highest BCUT2D eigenvalue weighted by Gasteiger charge is 2.14. The van der Waals surface area contributed by atoms with Crippen molar-refractivity contribution >= 4 is 11.9 Å². The highest BCUT2D eigenvalue weighted by Crippen LogP contribution is 2.09. The van der Waals surface area contributed by atoms with Gasteiger partial charge in [-0.1, -0.05) is 13.3 Å². The van der Waals surface area contributed by atoms with Gasteiger partial charge in [-0.25, -0.2) is 0 Å². The topological polar surface area (TPSA) is 72.8 Å². The van der Waals surface area contributed by atoms with Gasteiger partial charge in [-0.3, -0.25) is 9.59 Å². The van der Waals surface area contributed by atoms with E-state index >= 15 is 0 Å². The number of ether oxygens (including phenoxy) is 2. The van der Waals surface area contributed by atoms with Crippen LogP contribution in [0.2, 0.25) is 0 Å². The van der Waals surface area contributed by atoms with Crippen molar-refractivity contribution in [3.8, 4) is 0 Å². The first-order valence-corrected chi connectivity index (χ1v) is 6.43. The fourth-order valence-corrected chi connectivity index (χ4v) is 1.40. The number of hydrogen-bond acceptors (Lipinski definition) is 5. The average Bonchev–Trinajstić information content (AvgIpc) is 2.33. The zero-order valence-corrected chi connectivity index (χ0v) is 11.5. The Kier molecular flexibility index (Phi) is 9.28. The van der Waals surface area contributed by atoms with Crippen LogP contribution >= 0.6 is 0 Å². The van der Waals surface area contributed by atoms with Gasteiger partial charge in [-0.15, -0.1) is 0 Å². The van der Waals surface area contributed by atoms with Gasteiger partial charge < -0.3 is 14.6 Å². The molecule has 0 amide bonds. The molecule has 0 heterocycles. The SMILES string of the molecule is CCC(C)OC(=O)CC(O)CCCCC(=O)OC. The molecule has 0 fully saturated rings. The third kappa shape index (κ3) is 8.98. The predicted molar refractivity (Wildman–Crippen MR) is 67.0 cm³/mol. The lowest BCUT2D eigenvalue weighted by atomic mass is 10.1. The van der Waals surface area contributed by atoms with Crippen LogP contribution in [0.25, 0.3) is 0 Å². The smallest absolute Gasteiger partial charge is 0.308 e. The Morgan fingerprint density at radius 3 is 2.44 bits per heavy atom. The van der Waals surface area contributed by atoms with Crippen molar-refractivity contribution in [2.24, 2.45) is 0 Å². The molecule has 5 heteroatoms. The molecule has 18 heavy (non-hydrogen) atoms. The van der Waals surface area contributed by atoms with Crippen LogP contribution in [-0.4, -0.2) is 36.4 Å². The summed E-state index contributed by atoms with van der Waals surface area (Å²) in [6.45, 7) is 3.75. The summed E-state index contributed by atoms with van der Waals surface area (Å²) in [5.74, 6) is -0.620.